The number of hydrogen-bond acceptors (Lipinski definition) is 5. The monoisotopic (exact) mass is 611 g/mol. The van der Waals surface area contributed by atoms with Crippen molar-refractivity contribution in [1.29, 1.82) is 0 Å². The highest BCUT2D eigenvalue weighted by atomic mass is 35.5. The maximum atomic E-state index is 13.4. The van der Waals surface area contributed by atoms with Gasteiger partial charge >= 0.3 is 18.0 Å². The molecule has 8 nitrogen and oxygen atoms in total. The van der Waals surface area contributed by atoms with Crippen LogP contribution in [0.1, 0.15) is 22.9 Å². The van der Waals surface area contributed by atoms with Crippen LogP contribution < -0.4 is 15.7 Å². The van der Waals surface area contributed by atoms with Gasteiger partial charge in [0.15, 0.2) is 5.82 Å². The van der Waals surface area contributed by atoms with E-state index in [1.807, 2.05) is 0 Å². The van der Waals surface area contributed by atoms with Crippen molar-refractivity contribution in [2.75, 3.05) is 7.11 Å². The van der Waals surface area contributed by atoms with E-state index in [2.05, 4.69) is 15.4 Å². The third-order valence-corrected chi connectivity index (χ3v) is 6.03. The first kappa shape index (κ1) is 30.4. The molecule has 0 spiro atoms. The van der Waals surface area contributed by atoms with Gasteiger partial charge in [-0.05, 0) is 48.0 Å². The Labute approximate surface area is 238 Å². The Hall–Kier alpha value is -4.59. The van der Waals surface area contributed by atoms with Crippen LogP contribution in [0.5, 0.6) is 5.88 Å². The Morgan fingerprint density at radius 3 is 2.38 bits per heavy atom. The van der Waals surface area contributed by atoms with Crippen LogP contribution in [0.2, 0.25) is 5.02 Å². The number of benzene rings is 2. The standard InChI is InChI=1S/C27H20ClF6N5O3/c1-42-22-7-3-6-20(35-22)23(17-4-2-5-18(14-17)27(32,33)34)36-21(40)15-39-25(41)38(13-12-26(29,30)31)24(37-39)16-8-10-19(28)11-9-16/h2-14,23H,15H2,1H3,(H,36,40). The quantitative estimate of drug-likeness (QED) is 0.257. The number of halogens is 7. The van der Waals surface area contributed by atoms with Crippen molar-refractivity contribution < 1.29 is 35.9 Å². The number of methoxy groups -OCH3 is 1. The molecule has 0 saturated carbocycles. The van der Waals surface area contributed by atoms with E-state index in [1.165, 1.54) is 55.6 Å². The summed E-state index contributed by atoms with van der Waals surface area (Å²) in [6.45, 7) is -0.786. The molecule has 0 radical (unpaired) electrons. The minimum absolute atomic E-state index is 0.0202. The number of pyridine rings is 1. The molecule has 42 heavy (non-hydrogen) atoms. The zero-order valence-corrected chi connectivity index (χ0v) is 22.2. The van der Waals surface area contributed by atoms with Crippen molar-refractivity contribution in [1.82, 2.24) is 24.6 Å². The number of nitrogens with zero attached hydrogens (tertiary/aromatic N) is 4. The van der Waals surface area contributed by atoms with E-state index < -0.39 is 42.1 Å². The van der Waals surface area contributed by atoms with E-state index in [4.69, 9.17) is 16.3 Å². The van der Waals surface area contributed by atoms with Crippen LogP contribution in [0.4, 0.5) is 26.3 Å². The van der Waals surface area contributed by atoms with Gasteiger partial charge < -0.3 is 10.1 Å². The molecule has 0 saturated heterocycles. The van der Waals surface area contributed by atoms with Gasteiger partial charge in [-0.3, -0.25) is 4.79 Å². The molecule has 1 unspecified atom stereocenters. The fourth-order valence-corrected chi connectivity index (χ4v) is 4.01. The highest BCUT2D eigenvalue weighted by Gasteiger charge is 2.32. The summed E-state index contributed by atoms with van der Waals surface area (Å²) in [5.41, 5.74) is -1.68. The van der Waals surface area contributed by atoms with Crippen LogP contribution in [0.25, 0.3) is 17.6 Å². The van der Waals surface area contributed by atoms with Gasteiger partial charge in [-0.1, -0.05) is 29.8 Å². The molecular formula is C27H20ClF6N5O3. The highest BCUT2D eigenvalue weighted by Crippen LogP contribution is 2.32. The summed E-state index contributed by atoms with van der Waals surface area (Å²) in [6.07, 6.45) is -9.12. The SMILES string of the molecule is COc1cccc(C(NC(=O)Cn2nc(-c3ccc(Cl)cc3)n(C=CC(F)(F)F)c2=O)c2cccc(C(F)(F)F)c2)n1. The molecular weight excluding hydrogens is 592 g/mol. The summed E-state index contributed by atoms with van der Waals surface area (Å²) < 4.78 is 85.3. The molecule has 1 N–H and O–H groups in total. The predicted octanol–water partition coefficient (Wildman–Crippen LogP) is 5.73. The molecule has 0 bridgehead atoms. The fourth-order valence-electron chi connectivity index (χ4n) is 3.88. The van der Waals surface area contributed by atoms with Crippen molar-refractivity contribution >= 4 is 23.7 Å². The van der Waals surface area contributed by atoms with Crippen LogP contribution in [-0.2, 0) is 17.5 Å². The number of alkyl halides is 6. The molecule has 220 valence electrons. The lowest BCUT2D eigenvalue weighted by molar-refractivity contribution is -0.137. The van der Waals surface area contributed by atoms with E-state index in [-0.39, 0.29) is 34.6 Å². The van der Waals surface area contributed by atoms with Gasteiger partial charge in [0.2, 0.25) is 11.8 Å². The molecule has 4 rings (SSSR count). The van der Waals surface area contributed by atoms with Crippen LogP contribution >= 0.6 is 11.6 Å². The number of nitrogens with one attached hydrogen (secondary N) is 1. The summed E-state index contributed by atoms with van der Waals surface area (Å²) in [7, 11) is 1.33. The first-order chi connectivity index (χ1) is 19.7. The fraction of sp³-hybridized carbons (Fsp3) is 0.185. The number of carbonyl (C=O) groups is 1. The number of rotatable bonds is 8. The largest absolute Gasteiger partial charge is 0.481 e. The topological polar surface area (TPSA) is 91.0 Å². The molecule has 0 aliphatic carbocycles. The minimum Gasteiger partial charge on any atom is -0.481 e. The third-order valence-electron chi connectivity index (χ3n) is 5.78. The van der Waals surface area contributed by atoms with Gasteiger partial charge in [0.05, 0.1) is 24.4 Å². The molecule has 2 aromatic heterocycles. The summed E-state index contributed by atoms with van der Waals surface area (Å²) in [5, 5.41) is 6.90. The van der Waals surface area contributed by atoms with E-state index in [0.29, 0.717) is 20.5 Å². The summed E-state index contributed by atoms with van der Waals surface area (Å²) in [4.78, 5) is 30.4. The second-order valence-corrected chi connectivity index (χ2v) is 9.16. The molecule has 2 heterocycles. The van der Waals surface area contributed by atoms with E-state index in [9.17, 15) is 35.9 Å². The van der Waals surface area contributed by atoms with Crippen molar-refractivity contribution in [3.05, 3.63) is 105 Å². The third kappa shape index (κ3) is 7.37. The molecule has 2 aromatic carbocycles. The Morgan fingerprint density at radius 2 is 1.74 bits per heavy atom. The number of ether oxygens (including phenoxy) is 1. The first-order valence-electron chi connectivity index (χ1n) is 11.9. The number of carbonyl (C=O) groups excluding carboxylic acids is 1. The molecule has 1 amide bonds. The minimum atomic E-state index is -4.75. The summed E-state index contributed by atoms with van der Waals surface area (Å²) in [6, 6.07) is 13.2. The molecule has 4 aromatic rings. The zero-order valence-electron chi connectivity index (χ0n) is 21.4. The first-order valence-corrected chi connectivity index (χ1v) is 12.3. The smallest absolute Gasteiger partial charge is 0.416 e. The Bertz CT molecular complexity index is 1660. The van der Waals surface area contributed by atoms with Crippen molar-refractivity contribution in [3.8, 4) is 17.3 Å². The van der Waals surface area contributed by atoms with Crippen molar-refractivity contribution in [3.63, 3.8) is 0 Å². The Balaban J connectivity index is 1.71. The van der Waals surface area contributed by atoms with Crippen LogP contribution in [0, 0.1) is 0 Å². The average Bonchev–Trinajstić information content (AvgIpc) is 3.24. The Morgan fingerprint density at radius 1 is 1.05 bits per heavy atom. The second kappa shape index (κ2) is 12.1. The van der Waals surface area contributed by atoms with Gasteiger partial charge in [-0.2, -0.15) is 26.3 Å². The maximum absolute atomic E-state index is 13.4. The van der Waals surface area contributed by atoms with Gasteiger partial charge in [-0.25, -0.2) is 19.0 Å². The van der Waals surface area contributed by atoms with Crippen LogP contribution in [0.15, 0.2) is 77.6 Å². The average molecular weight is 612 g/mol. The molecule has 0 fully saturated rings. The lowest BCUT2D eigenvalue weighted by atomic mass is 10.00. The number of hydrogen-bond donors (Lipinski definition) is 1. The van der Waals surface area contributed by atoms with Gasteiger partial charge in [0.25, 0.3) is 0 Å². The molecule has 1 atom stereocenters. The maximum Gasteiger partial charge on any atom is 0.416 e. The molecule has 0 aliphatic rings. The number of allylic oxidation sites excluding steroid dienone is 1. The van der Waals surface area contributed by atoms with E-state index in [1.54, 1.807) is 0 Å². The second-order valence-electron chi connectivity index (χ2n) is 8.73. The lowest BCUT2D eigenvalue weighted by Crippen LogP contribution is -2.36. The summed E-state index contributed by atoms with van der Waals surface area (Å²) in [5.74, 6) is -0.983. The highest BCUT2D eigenvalue weighted by molar-refractivity contribution is 6.30. The van der Waals surface area contributed by atoms with Crippen LogP contribution in [-0.4, -0.2) is 38.5 Å². The predicted molar refractivity (Wildman–Crippen MR) is 141 cm³/mol. The van der Waals surface area contributed by atoms with E-state index >= 15 is 0 Å². The normalized spacial score (nSPS) is 12.9. The molecule has 15 heteroatoms. The van der Waals surface area contributed by atoms with E-state index in [0.717, 1.165) is 18.2 Å². The van der Waals surface area contributed by atoms with Crippen molar-refractivity contribution in [2.24, 2.45) is 0 Å². The van der Waals surface area contributed by atoms with Crippen LogP contribution in [0.3, 0.4) is 0 Å². The van der Waals surface area contributed by atoms with Gasteiger partial charge in [-0.15, -0.1) is 5.10 Å². The molecule has 0 aliphatic heterocycles. The Kier molecular flexibility index (Phi) is 8.75. The summed E-state index contributed by atoms with van der Waals surface area (Å²) >= 11 is 5.88. The number of amides is 1. The van der Waals surface area contributed by atoms with Gasteiger partial charge in [0.1, 0.15) is 6.54 Å². The van der Waals surface area contributed by atoms with Gasteiger partial charge in [0, 0.05) is 28.9 Å². The number of aromatic nitrogens is 4. The lowest BCUT2D eigenvalue weighted by Gasteiger charge is -2.20. The van der Waals surface area contributed by atoms with Crippen molar-refractivity contribution in [2.45, 2.75) is 24.9 Å². The zero-order chi connectivity index (χ0) is 30.7.